The van der Waals surface area contributed by atoms with Gasteiger partial charge in [-0.15, -0.1) is 0 Å². The lowest BCUT2D eigenvalue weighted by molar-refractivity contribution is -0.00917. The van der Waals surface area contributed by atoms with Gasteiger partial charge in [0.05, 0.1) is 12.2 Å². The normalized spacial score (nSPS) is 26.4. The smallest absolute Gasteiger partial charge is 0.153 e. The molecular weight excluding hydrogens is 248 g/mol. The summed E-state index contributed by atoms with van der Waals surface area (Å²) in [4.78, 5) is 10.9. The predicted molar refractivity (Wildman–Crippen MR) is 80.0 cm³/mol. The Hall–Kier alpha value is -1.57. The number of para-hydroxylation sites is 1. The minimum atomic E-state index is 0.477. The topological polar surface area (TPSA) is 26.3 Å². The van der Waals surface area contributed by atoms with Crippen LogP contribution < -0.4 is 4.74 Å². The van der Waals surface area contributed by atoms with Gasteiger partial charge in [0.25, 0.3) is 0 Å². The largest absolute Gasteiger partial charge is 0.493 e. The number of rotatable bonds is 5. The van der Waals surface area contributed by atoms with Crippen molar-refractivity contribution in [2.45, 2.75) is 33.1 Å². The first-order chi connectivity index (χ1) is 9.63. The van der Waals surface area contributed by atoms with E-state index in [-0.39, 0.29) is 0 Å². The van der Waals surface area contributed by atoms with Gasteiger partial charge < -0.3 is 4.74 Å². The maximum absolute atomic E-state index is 10.9. The molecule has 2 unspecified atom stereocenters. The fraction of sp³-hybridized carbons (Fsp3) is 0.500. The van der Waals surface area contributed by atoms with E-state index in [4.69, 9.17) is 4.74 Å². The molecule has 1 saturated carbocycles. The summed E-state index contributed by atoms with van der Waals surface area (Å²) in [6.45, 7) is 5.44. The van der Waals surface area contributed by atoms with Crippen LogP contribution >= 0.6 is 0 Å². The molecule has 106 valence electrons. The Morgan fingerprint density at radius 1 is 1.35 bits per heavy atom. The van der Waals surface area contributed by atoms with Crippen molar-refractivity contribution < 1.29 is 9.53 Å². The van der Waals surface area contributed by atoms with E-state index in [1.165, 1.54) is 12.8 Å². The highest BCUT2D eigenvalue weighted by molar-refractivity contribution is 5.79. The van der Waals surface area contributed by atoms with Crippen LogP contribution in [-0.4, -0.2) is 12.9 Å². The average molecular weight is 270 g/mol. The molecule has 2 nitrogen and oxygen atoms in total. The summed E-state index contributed by atoms with van der Waals surface area (Å²) in [6.07, 6.45) is 6.83. The predicted octanol–water partition coefficient (Wildman–Crippen LogP) is 4.26. The summed E-state index contributed by atoms with van der Waals surface area (Å²) >= 11 is 0. The lowest BCUT2D eigenvalue weighted by atomic mass is 9.48. The van der Waals surface area contributed by atoms with Crippen molar-refractivity contribution in [3.8, 4) is 5.75 Å². The molecule has 0 amide bonds. The van der Waals surface area contributed by atoms with Crippen LogP contribution in [0.4, 0.5) is 0 Å². The summed E-state index contributed by atoms with van der Waals surface area (Å²) < 4.78 is 5.79. The zero-order chi connectivity index (χ0) is 14.2. The zero-order valence-corrected chi connectivity index (χ0v) is 12.3. The van der Waals surface area contributed by atoms with Gasteiger partial charge in [-0.25, -0.2) is 0 Å². The van der Waals surface area contributed by atoms with Crippen LogP contribution in [0.3, 0.4) is 0 Å². The van der Waals surface area contributed by atoms with E-state index in [0.717, 1.165) is 24.5 Å². The van der Waals surface area contributed by atoms with Gasteiger partial charge in [-0.3, -0.25) is 4.79 Å². The summed E-state index contributed by atoms with van der Waals surface area (Å²) in [5.41, 5.74) is 2.67. The zero-order valence-electron chi connectivity index (χ0n) is 12.3. The standard InChI is InChI=1S/C18H22O2/c1-18(2)15-8-7-13(16(18)11-15)9-10-20-17-6-4-3-5-14(17)12-19/h3-7,12,15-16H,8-11H2,1-2H3. The van der Waals surface area contributed by atoms with E-state index in [0.29, 0.717) is 23.3 Å². The minimum absolute atomic E-state index is 0.477. The number of fused-ring (bicyclic) bond motifs is 1. The van der Waals surface area contributed by atoms with E-state index in [1.54, 1.807) is 11.6 Å². The van der Waals surface area contributed by atoms with E-state index in [2.05, 4.69) is 19.9 Å². The van der Waals surface area contributed by atoms with E-state index >= 15 is 0 Å². The second-order valence-electron chi connectivity index (χ2n) is 6.58. The van der Waals surface area contributed by atoms with Gasteiger partial charge in [-0.1, -0.05) is 37.6 Å². The van der Waals surface area contributed by atoms with Crippen molar-refractivity contribution in [3.63, 3.8) is 0 Å². The molecule has 2 atom stereocenters. The van der Waals surface area contributed by atoms with E-state index in [1.807, 2.05) is 18.2 Å². The lowest BCUT2D eigenvalue weighted by Gasteiger charge is -2.56. The second-order valence-corrected chi connectivity index (χ2v) is 6.58. The molecule has 0 radical (unpaired) electrons. The Morgan fingerprint density at radius 3 is 2.85 bits per heavy atom. The van der Waals surface area contributed by atoms with Gasteiger partial charge in [0.1, 0.15) is 5.75 Å². The van der Waals surface area contributed by atoms with Crippen LogP contribution in [0.25, 0.3) is 0 Å². The van der Waals surface area contributed by atoms with Crippen LogP contribution in [0, 0.1) is 17.3 Å². The molecular formula is C18H22O2. The van der Waals surface area contributed by atoms with Gasteiger partial charge in [0.2, 0.25) is 0 Å². The molecule has 0 N–H and O–H groups in total. The molecule has 0 heterocycles. The monoisotopic (exact) mass is 270 g/mol. The Labute approximate surface area is 120 Å². The molecule has 1 aromatic carbocycles. The van der Waals surface area contributed by atoms with Crippen LogP contribution in [0.2, 0.25) is 0 Å². The SMILES string of the molecule is CC1(C)C2CC=C(CCOc3ccccc3C=O)C1C2. The third-order valence-corrected chi connectivity index (χ3v) is 5.28. The second kappa shape index (κ2) is 5.08. The van der Waals surface area contributed by atoms with Crippen LogP contribution in [0.1, 0.15) is 43.5 Å². The van der Waals surface area contributed by atoms with Crippen LogP contribution in [0.15, 0.2) is 35.9 Å². The number of hydrogen-bond acceptors (Lipinski definition) is 2. The van der Waals surface area contributed by atoms with Crippen molar-refractivity contribution >= 4 is 6.29 Å². The van der Waals surface area contributed by atoms with Crippen molar-refractivity contribution in [1.82, 2.24) is 0 Å². The molecule has 1 aromatic rings. The van der Waals surface area contributed by atoms with Gasteiger partial charge in [0.15, 0.2) is 6.29 Å². The van der Waals surface area contributed by atoms with Gasteiger partial charge in [-0.05, 0) is 42.2 Å². The summed E-state index contributed by atoms with van der Waals surface area (Å²) in [6, 6.07) is 7.42. The highest BCUT2D eigenvalue weighted by Crippen LogP contribution is 2.59. The quantitative estimate of drug-likeness (QED) is 0.590. The molecule has 0 aliphatic heterocycles. The molecule has 0 aromatic heterocycles. The van der Waals surface area contributed by atoms with Crippen molar-refractivity contribution in [2.75, 3.05) is 6.61 Å². The van der Waals surface area contributed by atoms with E-state index in [9.17, 15) is 4.79 Å². The molecule has 2 bridgehead atoms. The maximum Gasteiger partial charge on any atom is 0.153 e. The Kier molecular flexibility index (Phi) is 3.41. The number of aldehydes is 1. The number of ether oxygens (including phenoxy) is 1. The third kappa shape index (κ3) is 2.17. The summed E-state index contributed by atoms with van der Waals surface area (Å²) in [5.74, 6) is 2.32. The maximum atomic E-state index is 10.9. The first-order valence-electron chi connectivity index (χ1n) is 7.49. The minimum Gasteiger partial charge on any atom is -0.493 e. The number of allylic oxidation sites excluding steroid dienone is 1. The molecule has 3 aliphatic carbocycles. The number of carbonyl (C=O) groups excluding carboxylic acids is 1. The third-order valence-electron chi connectivity index (χ3n) is 5.28. The fourth-order valence-corrected chi connectivity index (χ4v) is 3.75. The fourth-order valence-electron chi connectivity index (χ4n) is 3.75. The molecule has 0 spiro atoms. The molecule has 20 heavy (non-hydrogen) atoms. The lowest BCUT2D eigenvalue weighted by Crippen LogP contribution is -2.48. The Morgan fingerprint density at radius 2 is 2.15 bits per heavy atom. The number of carbonyl (C=O) groups is 1. The number of hydrogen-bond donors (Lipinski definition) is 0. The molecule has 3 aliphatic rings. The highest BCUT2D eigenvalue weighted by atomic mass is 16.5. The first kappa shape index (κ1) is 13.4. The first-order valence-corrected chi connectivity index (χ1v) is 7.49. The molecule has 1 fully saturated rings. The van der Waals surface area contributed by atoms with Gasteiger partial charge >= 0.3 is 0 Å². The average Bonchev–Trinajstić information content (AvgIpc) is 2.47. The Bertz CT molecular complexity index is 542. The summed E-state index contributed by atoms with van der Waals surface area (Å²) in [5, 5.41) is 0. The molecule has 2 heteroatoms. The highest BCUT2D eigenvalue weighted by Gasteiger charge is 2.50. The molecule has 0 saturated heterocycles. The Balaban J connectivity index is 1.58. The van der Waals surface area contributed by atoms with Crippen LogP contribution in [0.5, 0.6) is 5.75 Å². The van der Waals surface area contributed by atoms with Crippen molar-refractivity contribution in [2.24, 2.45) is 17.3 Å². The van der Waals surface area contributed by atoms with Gasteiger partial charge in [-0.2, -0.15) is 0 Å². The van der Waals surface area contributed by atoms with Crippen LogP contribution in [-0.2, 0) is 0 Å². The number of benzene rings is 1. The van der Waals surface area contributed by atoms with E-state index < -0.39 is 0 Å². The summed E-state index contributed by atoms with van der Waals surface area (Å²) in [7, 11) is 0. The molecule has 4 rings (SSSR count). The van der Waals surface area contributed by atoms with Crippen molar-refractivity contribution in [1.29, 1.82) is 0 Å². The van der Waals surface area contributed by atoms with Gasteiger partial charge in [0, 0.05) is 6.42 Å². The van der Waals surface area contributed by atoms with Crippen molar-refractivity contribution in [3.05, 3.63) is 41.5 Å².